The molecule has 0 amide bonds. The molecule has 19 heavy (non-hydrogen) atoms. The van der Waals surface area contributed by atoms with Gasteiger partial charge in [-0.3, -0.25) is 0 Å². The van der Waals surface area contributed by atoms with Crippen LogP contribution in [0, 0.1) is 11.3 Å². The van der Waals surface area contributed by atoms with Gasteiger partial charge in [-0.15, -0.1) is 0 Å². The van der Waals surface area contributed by atoms with Crippen molar-refractivity contribution in [3.8, 4) is 0 Å². The molecule has 0 radical (unpaired) electrons. The standard InChI is InChI=1S/C14H28N2O2S/c1-3-15-12-14(7-5-8-14)10-13-6-4-9-16(11-13)19(2,17)18/h13,15H,3-12H2,1-2H3. The highest BCUT2D eigenvalue weighted by Gasteiger charge is 2.39. The zero-order chi connectivity index (χ0) is 13.9. The molecule has 1 saturated carbocycles. The molecule has 0 aromatic carbocycles. The minimum absolute atomic E-state index is 0.460. The summed E-state index contributed by atoms with van der Waals surface area (Å²) in [7, 11) is -3.00. The van der Waals surface area contributed by atoms with Gasteiger partial charge < -0.3 is 5.32 Å². The smallest absolute Gasteiger partial charge is 0.211 e. The SMILES string of the molecule is CCNCC1(CC2CCCN(S(C)(=O)=O)C2)CCC1. The second-order valence-corrected chi connectivity index (χ2v) is 8.45. The van der Waals surface area contributed by atoms with Gasteiger partial charge in [-0.25, -0.2) is 12.7 Å². The fourth-order valence-electron chi connectivity index (χ4n) is 3.63. The van der Waals surface area contributed by atoms with Crippen LogP contribution in [0.3, 0.4) is 0 Å². The Morgan fingerprint density at radius 3 is 2.58 bits per heavy atom. The van der Waals surface area contributed by atoms with Gasteiger partial charge in [0.25, 0.3) is 0 Å². The predicted molar refractivity (Wildman–Crippen MR) is 78.6 cm³/mol. The molecule has 1 heterocycles. The minimum atomic E-state index is -3.00. The van der Waals surface area contributed by atoms with Crippen molar-refractivity contribution in [2.45, 2.75) is 45.4 Å². The largest absolute Gasteiger partial charge is 0.316 e. The molecule has 0 bridgehead atoms. The van der Waals surface area contributed by atoms with Gasteiger partial charge in [0, 0.05) is 19.6 Å². The van der Waals surface area contributed by atoms with E-state index in [-0.39, 0.29) is 0 Å². The van der Waals surface area contributed by atoms with Crippen molar-refractivity contribution < 1.29 is 8.42 Å². The Labute approximate surface area is 118 Å². The quantitative estimate of drug-likeness (QED) is 0.811. The molecule has 2 fully saturated rings. The number of hydrogen-bond acceptors (Lipinski definition) is 3. The van der Waals surface area contributed by atoms with Crippen molar-refractivity contribution in [2.75, 3.05) is 32.4 Å². The summed E-state index contributed by atoms with van der Waals surface area (Å²) in [5, 5.41) is 3.49. The lowest BCUT2D eigenvalue weighted by Gasteiger charge is -2.46. The van der Waals surface area contributed by atoms with Crippen LogP contribution < -0.4 is 5.32 Å². The van der Waals surface area contributed by atoms with E-state index >= 15 is 0 Å². The number of nitrogens with zero attached hydrogens (tertiary/aromatic N) is 1. The van der Waals surface area contributed by atoms with E-state index < -0.39 is 10.0 Å². The van der Waals surface area contributed by atoms with Gasteiger partial charge in [0.2, 0.25) is 10.0 Å². The van der Waals surface area contributed by atoms with Gasteiger partial charge in [0.1, 0.15) is 0 Å². The van der Waals surface area contributed by atoms with Crippen LogP contribution in [0.2, 0.25) is 0 Å². The zero-order valence-corrected chi connectivity index (χ0v) is 13.1. The molecule has 2 aliphatic rings. The Bertz CT molecular complexity index is 390. The van der Waals surface area contributed by atoms with Crippen molar-refractivity contribution in [2.24, 2.45) is 11.3 Å². The Kier molecular flexibility index (Phi) is 4.90. The molecule has 1 unspecified atom stereocenters. The molecule has 1 N–H and O–H groups in total. The molecule has 1 atom stereocenters. The van der Waals surface area contributed by atoms with E-state index in [1.165, 1.54) is 38.4 Å². The fraction of sp³-hybridized carbons (Fsp3) is 1.00. The molecule has 1 aliphatic carbocycles. The third-order valence-electron chi connectivity index (χ3n) is 4.84. The summed E-state index contributed by atoms with van der Waals surface area (Å²) in [6, 6.07) is 0. The average molecular weight is 288 g/mol. The Balaban J connectivity index is 1.91. The summed E-state index contributed by atoms with van der Waals surface area (Å²) in [6.07, 6.45) is 8.73. The van der Waals surface area contributed by atoms with Crippen molar-refractivity contribution >= 4 is 10.0 Å². The average Bonchev–Trinajstić information content (AvgIpc) is 2.32. The van der Waals surface area contributed by atoms with Gasteiger partial charge >= 0.3 is 0 Å². The van der Waals surface area contributed by atoms with Crippen LogP contribution in [0.5, 0.6) is 0 Å². The zero-order valence-electron chi connectivity index (χ0n) is 12.3. The highest BCUT2D eigenvalue weighted by atomic mass is 32.2. The molecule has 1 saturated heterocycles. The number of hydrogen-bond donors (Lipinski definition) is 1. The van der Waals surface area contributed by atoms with Crippen LogP contribution in [0.15, 0.2) is 0 Å². The van der Waals surface area contributed by atoms with E-state index in [9.17, 15) is 8.42 Å². The molecule has 0 aromatic heterocycles. The second-order valence-electron chi connectivity index (χ2n) is 6.47. The topological polar surface area (TPSA) is 49.4 Å². The molecular weight excluding hydrogens is 260 g/mol. The van der Waals surface area contributed by atoms with Crippen LogP contribution in [0.25, 0.3) is 0 Å². The number of piperidine rings is 1. The first-order chi connectivity index (χ1) is 8.95. The Morgan fingerprint density at radius 2 is 2.05 bits per heavy atom. The van der Waals surface area contributed by atoms with Gasteiger partial charge in [-0.05, 0) is 50.0 Å². The van der Waals surface area contributed by atoms with Gasteiger partial charge in [-0.1, -0.05) is 13.3 Å². The van der Waals surface area contributed by atoms with E-state index in [0.717, 1.165) is 32.6 Å². The Hall–Kier alpha value is -0.130. The van der Waals surface area contributed by atoms with E-state index in [0.29, 0.717) is 11.3 Å². The molecule has 5 heteroatoms. The van der Waals surface area contributed by atoms with E-state index in [1.807, 2.05) is 0 Å². The third-order valence-corrected chi connectivity index (χ3v) is 6.11. The van der Waals surface area contributed by atoms with E-state index in [2.05, 4.69) is 12.2 Å². The van der Waals surface area contributed by atoms with Crippen molar-refractivity contribution in [3.05, 3.63) is 0 Å². The maximum absolute atomic E-state index is 11.7. The highest BCUT2D eigenvalue weighted by Crippen LogP contribution is 2.46. The fourth-order valence-corrected chi connectivity index (χ4v) is 4.57. The van der Waals surface area contributed by atoms with Crippen LogP contribution in [-0.4, -0.2) is 45.2 Å². The lowest BCUT2D eigenvalue weighted by molar-refractivity contribution is 0.0753. The van der Waals surface area contributed by atoms with Gasteiger partial charge in [0.15, 0.2) is 0 Å². The minimum Gasteiger partial charge on any atom is -0.316 e. The third kappa shape index (κ3) is 3.92. The van der Waals surface area contributed by atoms with Crippen LogP contribution in [-0.2, 0) is 10.0 Å². The van der Waals surface area contributed by atoms with E-state index in [4.69, 9.17) is 0 Å². The maximum atomic E-state index is 11.7. The maximum Gasteiger partial charge on any atom is 0.211 e. The summed E-state index contributed by atoms with van der Waals surface area (Å²) in [6.45, 7) is 5.75. The first-order valence-electron chi connectivity index (χ1n) is 7.61. The normalized spacial score (nSPS) is 28.0. The number of nitrogens with one attached hydrogen (secondary N) is 1. The number of rotatable bonds is 6. The monoisotopic (exact) mass is 288 g/mol. The molecule has 0 spiro atoms. The van der Waals surface area contributed by atoms with Crippen molar-refractivity contribution in [3.63, 3.8) is 0 Å². The van der Waals surface area contributed by atoms with Crippen molar-refractivity contribution in [1.82, 2.24) is 9.62 Å². The molecule has 1 aliphatic heterocycles. The summed E-state index contributed by atoms with van der Waals surface area (Å²) in [5.74, 6) is 0.558. The predicted octanol–water partition coefficient (Wildman–Crippen LogP) is 1.83. The van der Waals surface area contributed by atoms with Gasteiger partial charge in [0.05, 0.1) is 6.26 Å². The van der Waals surface area contributed by atoms with Crippen LogP contribution in [0.1, 0.15) is 45.4 Å². The van der Waals surface area contributed by atoms with E-state index in [1.54, 1.807) is 4.31 Å². The molecule has 0 aromatic rings. The lowest BCUT2D eigenvalue weighted by Crippen LogP contribution is -2.45. The number of sulfonamides is 1. The summed E-state index contributed by atoms with van der Waals surface area (Å²) >= 11 is 0. The summed E-state index contributed by atoms with van der Waals surface area (Å²) in [4.78, 5) is 0. The summed E-state index contributed by atoms with van der Waals surface area (Å²) in [5.41, 5.74) is 0.460. The molecular formula is C14H28N2O2S. The molecule has 2 rings (SSSR count). The lowest BCUT2D eigenvalue weighted by atomic mass is 9.63. The van der Waals surface area contributed by atoms with Crippen LogP contribution >= 0.6 is 0 Å². The first-order valence-corrected chi connectivity index (χ1v) is 9.46. The molecule has 4 nitrogen and oxygen atoms in total. The Morgan fingerprint density at radius 1 is 1.32 bits per heavy atom. The van der Waals surface area contributed by atoms with Crippen molar-refractivity contribution in [1.29, 1.82) is 0 Å². The van der Waals surface area contributed by atoms with Gasteiger partial charge in [-0.2, -0.15) is 0 Å². The second kappa shape index (κ2) is 6.10. The molecule has 112 valence electrons. The first kappa shape index (κ1) is 15.3. The summed E-state index contributed by atoms with van der Waals surface area (Å²) < 4.78 is 25.0. The highest BCUT2D eigenvalue weighted by molar-refractivity contribution is 7.88. The van der Waals surface area contributed by atoms with Crippen LogP contribution in [0.4, 0.5) is 0 Å².